The van der Waals surface area contributed by atoms with E-state index in [1.54, 1.807) is 41.3 Å². The van der Waals surface area contributed by atoms with E-state index in [2.05, 4.69) is 4.72 Å². The molecule has 0 saturated carbocycles. The number of aryl methyl sites for hydroxylation is 1. The molecule has 0 saturated heterocycles. The third kappa shape index (κ3) is 4.16. The van der Waals surface area contributed by atoms with E-state index in [-0.39, 0.29) is 10.8 Å². The molecule has 0 unspecified atom stereocenters. The average molecular weight is 423 g/mol. The highest BCUT2D eigenvalue weighted by molar-refractivity contribution is 7.92. The Morgan fingerprint density at radius 1 is 1.00 bits per heavy atom. The number of nitrogens with one attached hydrogen (secondary N) is 1. The number of amides is 1. The van der Waals surface area contributed by atoms with Crippen molar-refractivity contribution in [2.75, 3.05) is 16.2 Å². The Labute approximate surface area is 176 Å². The number of sulfonamides is 1. The summed E-state index contributed by atoms with van der Waals surface area (Å²) < 4.78 is 34.0. The average Bonchev–Trinajstić information content (AvgIpc) is 3.13. The van der Waals surface area contributed by atoms with Crippen LogP contribution in [0.15, 0.2) is 71.6 Å². The number of carbonyl (C=O) groups excluding carboxylic acids is 1. The van der Waals surface area contributed by atoms with Crippen molar-refractivity contribution in [1.29, 1.82) is 0 Å². The van der Waals surface area contributed by atoms with Crippen LogP contribution >= 0.6 is 0 Å². The molecule has 0 radical (unpaired) electrons. The number of benzene rings is 3. The normalized spacial score (nSPS) is 13.1. The molecular weight excluding hydrogens is 400 g/mol. The van der Waals surface area contributed by atoms with Gasteiger partial charge in [-0.3, -0.25) is 9.52 Å². The van der Waals surface area contributed by atoms with Crippen LogP contribution in [0, 0.1) is 6.92 Å². The summed E-state index contributed by atoms with van der Waals surface area (Å²) in [6.07, 6.45) is 0.642. The van der Waals surface area contributed by atoms with Crippen LogP contribution in [0.1, 0.15) is 18.1 Å². The van der Waals surface area contributed by atoms with Gasteiger partial charge in [0.2, 0.25) is 5.91 Å². The molecule has 0 atom stereocenters. The number of rotatable bonds is 5. The minimum Gasteiger partial charge on any atom is -0.457 e. The Hall–Kier alpha value is -3.32. The van der Waals surface area contributed by atoms with E-state index in [4.69, 9.17) is 4.74 Å². The Balaban J connectivity index is 1.49. The van der Waals surface area contributed by atoms with Gasteiger partial charge in [-0.2, -0.15) is 0 Å². The van der Waals surface area contributed by atoms with Gasteiger partial charge >= 0.3 is 0 Å². The number of hydrogen-bond acceptors (Lipinski definition) is 4. The van der Waals surface area contributed by atoms with E-state index in [1.165, 1.54) is 13.0 Å². The van der Waals surface area contributed by atoms with Crippen molar-refractivity contribution in [2.24, 2.45) is 0 Å². The predicted molar refractivity (Wildman–Crippen MR) is 117 cm³/mol. The second-order valence-corrected chi connectivity index (χ2v) is 8.94. The van der Waals surface area contributed by atoms with Gasteiger partial charge in [-0.1, -0.05) is 12.1 Å². The van der Waals surface area contributed by atoms with Gasteiger partial charge in [0, 0.05) is 24.8 Å². The zero-order valence-corrected chi connectivity index (χ0v) is 17.6. The van der Waals surface area contributed by atoms with Crippen LogP contribution in [0.4, 0.5) is 11.4 Å². The Morgan fingerprint density at radius 2 is 1.77 bits per heavy atom. The van der Waals surface area contributed by atoms with Gasteiger partial charge in [0.25, 0.3) is 10.0 Å². The van der Waals surface area contributed by atoms with Crippen molar-refractivity contribution in [3.8, 4) is 11.5 Å². The van der Waals surface area contributed by atoms with Crippen molar-refractivity contribution >= 4 is 27.3 Å². The van der Waals surface area contributed by atoms with Crippen LogP contribution in [-0.2, 0) is 21.2 Å². The fourth-order valence-electron chi connectivity index (χ4n) is 3.49. The van der Waals surface area contributed by atoms with Crippen LogP contribution in [0.5, 0.6) is 11.5 Å². The molecule has 1 amide bonds. The summed E-state index contributed by atoms with van der Waals surface area (Å²) in [4.78, 5) is 13.5. The monoisotopic (exact) mass is 422 g/mol. The number of hydrogen-bond donors (Lipinski definition) is 1. The topological polar surface area (TPSA) is 75.7 Å². The smallest absolute Gasteiger partial charge is 0.261 e. The molecule has 0 aliphatic carbocycles. The number of fused-ring (bicyclic) bond motifs is 1. The lowest BCUT2D eigenvalue weighted by Gasteiger charge is -2.15. The van der Waals surface area contributed by atoms with Gasteiger partial charge in [-0.25, -0.2) is 8.42 Å². The lowest BCUT2D eigenvalue weighted by atomic mass is 10.2. The van der Waals surface area contributed by atoms with Crippen LogP contribution in [0.2, 0.25) is 0 Å². The highest BCUT2D eigenvalue weighted by Gasteiger charge is 2.24. The first-order valence-corrected chi connectivity index (χ1v) is 11.1. The first-order chi connectivity index (χ1) is 14.3. The summed E-state index contributed by atoms with van der Waals surface area (Å²) in [6, 6.07) is 19.3. The quantitative estimate of drug-likeness (QED) is 0.657. The highest BCUT2D eigenvalue weighted by Crippen LogP contribution is 2.31. The number of anilines is 2. The fraction of sp³-hybridized carbons (Fsp3) is 0.174. The van der Waals surface area contributed by atoms with Gasteiger partial charge in [0.15, 0.2) is 0 Å². The van der Waals surface area contributed by atoms with Gasteiger partial charge in [-0.15, -0.1) is 0 Å². The van der Waals surface area contributed by atoms with E-state index in [0.717, 1.165) is 22.6 Å². The molecule has 3 aromatic rings. The maximum absolute atomic E-state index is 12.8. The van der Waals surface area contributed by atoms with Crippen molar-refractivity contribution in [3.05, 3.63) is 77.9 Å². The second-order valence-electron chi connectivity index (χ2n) is 7.26. The molecule has 3 aromatic carbocycles. The van der Waals surface area contributed by atoms with Gasteiger partial charge in [0.1, 0.15) is 11.5 Å². The molecule has 1 heterocycles. The maximum Gasteiger partial charge on any atom is 0.261 e. The molecule has 0 fully saturated rings. The number of nitrogens with zero attached hydrogens (tertiary/aromatic N) is 1. The van der Waals surface area contributed by atoms with Crippen molar-refractivity contribution in [1.82, 2.24) is 0 Å². The SMILES string of the molecule is CC(=O)N1CCc2cc(S(=O)(=O)Nc3ccc(Oc4cccc(C)c4)cc3)ccc21. The minimum absolute atomic E-state index is 0.0459. The van der Waals surface area contributed by atoms with Gasteiger partial charge in [0.05, 0.1) is 4.90 Å². The summed E-state index contributed by atoms with van der Waals surface area (Å²) in [5, 5.41) is 0. The van der Waals surface area contributed by atoms with E-state index in [0.29, 0.717) is 24.4 Å². The van der Waals surface area contributed by atoms with Crippen LogP contribution in [0.3, 0.4) is 0 Å². The van der Waals surface area contributed by atoms with Crippen LogP contribution in [-0.4, -0.2) is 20.9 Å². The summed E-state index contributed by atoms with van der Waals surface area (Å²) >= 11 is 0. The molecule has 4 rings (SSSR count). The van der Waals surface area contributed by atoms with Crippen LogP contribution in [0.25, 0.3) is 0 Å². The summed E-state index contributed by atoms with van der Waals surface area (Å²) in [6.45, 7) is 4.07. The molecule has 1 aliphatic rings. The standard InChI is InChI=1S/C23H22N2O4S/c1-16-4-3-5-21(14-16)29-20-8-6-19(7-9-20)24-30(27,28)22-10-11-23-18(15-22)12-13-25(23)17(2)26/h3-11,14-15,24H,12-13H2,1-2H3. The molecule has 154 valence electrons. The summed E-state index contributed by atoms with van der Waals surface area (Å²) in [7, 11) is -3.74. The Bertz CT molecular complexity index is 1200. The zero-order valence-electron chi connectivity index (χ0n) is 16.8. The van der Waals surface area contributed by atoms with Gasteiger partial charge in [-0.05, 0) is 79.1 Å². The summed E-state index contributed by atoms with van der Waals surface area (Å²) in [5.74, 6) is 1.29. The van der Waals surface area contributed by atoms with E-state index in [1.807, 2.05) is 31.2 Å². The molecule has 0 aromatic heterocycles. The number of carbonyl (C=O) groups is 1. The molecule has 1 N–H and O–H groups in total. The van der Waals surface area contributed by atoms with Crippen molar-refractivity contribution in [3.63, 3.8) is 0 Å². The fourth-order valence-corrected chi connectivity index (χ4v) is 4.60. The van der Waals surface area contributed by atoms with E-state index >= 15 is 0 Å². The molecule has 30 heavy (non-hydrogen) atoms. The Morgan fingerprint density at radius 3 is 2.47 bits per heavy atom. The second kappa shape index (κ2) is 7.84. The van der Waals surface area contributed by atoms with Crippen molar-refractivity contribution in [2.45, 2.75) is 25.2 Å². The van der Waals surface area contributed by atoms with Crippen LogP contribution < -0.4 is 14.4 Å². The largest absolute Gasteiger partial charge is 0.457 e. The molecular formula is C23H22N2O4S. The predicted octanol–water partition coefficient (Wildman–Crippen LogP) is 4.50. The zero-order chi connectivity index (χ0) is 21.3. The first kappa shape index (κ1) is 20.0. The first-order valence-electron chi connectivity index (χ1n) is 9.60. The molecule has 0 spiro atoms. The minimum atomic E-state index is -3.74. The third-order valence-corrected chi connectivity index (χ3v) is 6.35. The lowest BCUT2D eigenvalue weighted by molar-refractivity contribution is -0.116. The van der Waals surface area contributed by atoms with Crippen molar-refractivity contribution < 1.29 is 17.9 Å². The van der Waals surface area contributed by atoms with E-state index in [9.17, 15) is 13.2 Å². The maximum atomic E-state index is 12.8. The molecule has 7 heteroatoms. The molecule has 1 aliphatic heterocycles. The molecule has 0 bridgehead atoms. The van der Waals surface area contributed by atoms with Gasteiger partial charge < -0.3 is 9.64 Å². The molecule has 6 nitrogen and oxygen atoms in total. The Kier molecular flexibility index (Phi) is 5.22. The third-order valence-electron chi connectivity index (χ3n) is 4.97. The lowest BCUT2D eigenvalue weighted by Crippen LogP contribution is -2.25. The number of ether oxygens (including phenoxy) is 1. The van der Waals surface area contributed by atoms with E-state index < -0.39 is 10.0 Å². The highest BCUT2D eigenvalue weighted by atomic mass is 32.2. The summed E-state index contributed by atoms with van der Waals surface area (Å²) in [5.41, 5.74) is 3.17.